The predicted octanol–water partition coefficient (Wildman–Crippen LogP) is 10.2. The van der Waals surface area contributed by atoms with E-state index < -0.39 is 14.6 Å². The van der Waals surface area contributed by atoms with Crippen molar-refractivity contribution >= 4 is 42.9 Å². The standard InChI is InChI=1S/C42H58N7O3Si/c1-8-11-19-42(20-12-9-2,21-13-10-3)53(7)52-33-16-17-34-32(24-33)25-35(46-34)37-36-38(43)44-28-45-39(36)49(47-37)26-29-14-15-31-27-48(22-18-30(31)23-29)40(50)51-41(4,5)6/h14-17,23-25,28,46H,8-13,18-22,26-27H2,1-7H3,(H2,43,44,45). The Hall–Kier alpha value is -4.38. The lowest BCUT2D eigenvalue weighted by Crippen LogP contribution is -2.39. The molecule has 5 aromatic rings. The van der Waals surface area contributed by atoms with Crippen molar-refractivity contribution in [2.24, 2.45) is 0 Å². The second-order valence-corrected chi connectivity index (χ2v) is 18.3. The first-order chi connectivity index (χ1) is 25.4. The molecule has 283 valence electrons. The first-order valence-corrected chi connectivity index (χ1v) is 21.5. The van der Waals surface area contributed by atoms with Crippen LogP contribution < -0.4 is 10.2 Å². The van der Waals surface area contributed by atoms with Gasteiger partial charge < -0.3 is 24.8 Å². The van der Waals surface area contributed by atoms with Crippen LogP contribution in [0.1, 0.15) is 116 Å². The van der Waals surface area contributed by atoms with Crippen LogP contribution >= 0.6 is 0 Å². The van der Waals surface area contributed by atoms with Crippen LogP contribution in [-0.2, 0) is 24.2 Å². The second-order valence-electron chi connectivity index (χ2n) is 15.9. The number of benzene rings is 2. The van der Waals surface area contributed by atoms with E-state index in [1.165, 1.54) is 69.7 Å². The molecule has 3 N–H and O–H groups in total. The van der Waals surface area contributed by atoms with Crippen LogP contribution in [0.15, 0.2) is 48.8 Å². The van der Waals surface area contributed by atoms with Crippen molar-refractivity contribution in [3.63, 3.8) is 0 Å². The van der Waals surface area contributed by atoms with Crippen molar-refractivity contribution in [1.29, 1.82) is 0 Å². The maximum atomic E-state index is 12.7. The van der Waals surface area contributed by atoms with Gasteiger partial charge in [0.2, 0.25) is 0 Å². The Kier molecular flexibility index (Phi) is 11.8. The highest BCUT2D eigenvalue weighted by molar-refractivity contribution is 6.55. The van der Waals surface area contributed by atoms with Gasteiger partial charge in [-0.2, -0.15) is 5.10 Å². The molecule has 0 spiro atoms. The predicted molar refractivity (Wildman–Crippen MR) is 216 cm³/mol. The third-order valence-corrected chi connectivity index (χ3v) is 13.5. The molecule has 0 aliphatic carbocycles. The van der Waals surface area contributed by atoms with E-state index in [1.807, 2.05) is 25.5 Å². The average molecular weight is 737 g/mol. The molecule has 0 saturated heterocycles. The monoisotopic (exact) mass is 736 g/mol. The van der Waals surface area contributed by atoms with E-state index in [1.54, 1.807) is 4.90 Å². The van der Waals surface area contributed by atoms with Crippen molar-refractivity contribution in [1.82, 2.24) is 29.6 Å². The van der Waals surface area contributed by atoms with Gasteiger partial charge in [0.05, 0.1) is 17.6 Å². The third-order valence-electron chi connectivity index (χ3n) is 10.7. The molecule has 1 amide bonds. The Labute approximate surface area is 316 Å². The molecule has 2 aromatic carbocycles. The Morgan fingerprint density at radius 2 is 1.66 bits per heavy atom. The molecule has 0 saturated carbocycles. The number of aromatic nitrogens is 5. The molecule has 1 radical (unpaired) electrons. The van der Waals surface area contributed by atoms with Gasteiger partial charge >= 0.3 is 6.09 Å². The van der Waals surface area contributed by atoms with Crippen molar-refractivity contribution < 1.29 is 14.0 Å². The van der Waals surface area contributed by atoms with E-state index in [2.05, 4.69) is 84.7 Å². The highest BCUT2D eigenvalue weighted by Gasteiger charge is 2.39. The number of hydrogen-bond acceptors (Lipinski definition) is 7. The normalized spacial score (nSPS) is 13.6. The Bertz CT molecular complexity index is 2010. The van der Waals surface area contributed by atoms with Gasteiger partial charge in [0, 0.05) is 29.0 Å². The SMILES string of the molecule is CCCCC(CCCC)(CCCC)[Si](C)Oc1ccc2[nH]c(-c3nn(Cc4ccc5c(c4)CCN(C(=O)OC(C)(C)C)C5)c4ncnc(N)c34)cc2c1. The zero-order valence-corrected chi connectivity index (χ0v) is 33.8. The maximum absolute atomic E-state index is 12.7. The van der Waals surface area contributed by atoms with Gasteiger partial charge in [-0.3, -0.25) is 0 Å². The number of ether oxygens (including phenoxy) is 1. The van der Waals surface area contributed by atoms with Crippen molar-refractivity contribution in [3.8, 4) is 17.1 Å². The van der Waals surface area contributed by atoms with E-state index in [4.69, 9.17) is 20.0 Å². The molecule has 3 aromatic heterocycles. The summed E-state index contributed by atoms with van der Waals surface area (Å²) in [6.07, 6.45) is 13.2. The minimum Gasteiger partial charge on any atom is -0.542 e. The van der Waals surface area contributed by atoms with Crippen LogP contribution in [-0.4, -0.2) is 56.9 Å². The molecule has 1 aliphatic heterocycles. The molecule has 0 bridgehead atoms. The van der Waals surface area contributed by atoms with Crippen LogP contribution in [0.25, 0.3) is 33.3 Å². The second kappa shape index (κ2) is 16.3. The van der Waals surface area contributed by atoms with Crippen molar-refractivity contribution in [2.45, 2.75) is 136 Å². The number of anilines is 1. The number of amides is 1. The minimum absolute atomic E-state index is 0.272. The minimum atomic E-state index is -1.13. The number of rotatable bonds is 15. The Morgan fingerprint density at radius 1 is 0.943 bits per heavy atom. The van der Waals surface area contributed by atoms with Crippen LogP contribution in [0, 0.1) is 0 Å². The maximum Gasteiger partial charge on any atom is 0.410 e. The van der Waals surface area contributed by atoms with E-state index in [-0.39, 0.29) is 11.1 Å². The van der Waals surface area contributed by atoms with Gasteiger partial charge in [-0.25, -0.2) is 19.4 Å². The Balaban J connectivity index is 1.25. The van der Waals surface area contributed by atoms with Gasteiger partial charge in [0.15, 0.2) is 5.65 Å². The molecule has 1 aliphatic rings. The number of unbranched alkanes of at least 4 members (excludes halogenated alkanes) is 3. The van der Waals surface area contributed by atoms with Crippen LogP contribution in [0.5, 0.6) is 5.75 Å². The number of fused-ring (bicyclic) bond motifs is 3. The lowest BCUT2D eigenvalue weighted by Gasteiger charge is -2.38. The van der Waals surface area contributed by atoms with Gasteiger partial charge in [-0.15, -0.1) is 0 Å². The molecule has 0 unspecified atom stereocenters. The highest BCUT2D eigenvalue weighted by atomic mass is 28.3. The molecular formula is C42H58N7O3Si. The summed E-state index contributed by atoms with van der Waals surface area (Å²) >= 11 is 0. The zero-order valence-electron chi connectivity index (χ0n) is 32.8. The van der Waals surface area contributed by atoms with E-state index in [0.717, 1.165) is 51.0 Å². The molecule has 6 rings (SSSR count). The van der Waals surface area contributed by atoms with Gasteiger partial charge in [-0.1, -0.05) is 77.5 Å². The number of nitrogens with one attached hydrogen (secondary N) is 1. The van der Waals surface area contributed by atoms with Gasteiger partial charge in [0.1, 0.15) is 29.2 Å². The van der Waals surface area contributed by atoms with E-state index in [0.29, 0.717) is 31.1 Å². The van der Waals surface area contributed by atoms with Gasteiger partial charge in [-0.05, 0) is 94.0 Å². The summed E-state index contributed by atoms with van der Waals surface area (Å²) in [5.41, 5.74) is 12.7. The number of hydrogen-bond donors (Lipinski definition) is 2. The summed E-state index contributed by atoms with van der Waals surface area (Å²) in [5, 5.41) is 7.17. The molecule has 11 heteroatoms. The summed E-state index contributed by atoms with van der Waals surface area (Å²) in [6.45, 7) is 16.6. The average Bonchev–Trinajstić information content (AvgIpc) is 3.72. The molecule has 0 fully saturated rings. The number of carbonyl (C=O) groups excluding carboxylic acids is 1. The highest BCUT2D eigenvalue weighted by Crippen LogP contribution is 2.47. The van der Waals surface area contributed by atoms with Crippen LogP contribution in [0.4, 0.5) is 10.6 Å². The molecule has 4 heterocycles. The summed E-state index contributed by atoms with van der Waals surface area (Å²) in [5.74, 6) is 1.33. The number of nitrogens with zero attached hydrogens (tertiary/aromatic N) is 5. The van der Waals surface area contributed by atoms with Crippen molar-refractivity contribution in [2.75, 3.05) is 12.3 Å². The fraction of sp³-hybridized carbons (Fsp3) is 0.524. The van der Waals surface area contributed by atoms with Crippen LogP contribution in [0.2, 0.25) is 11.6 Å². The summed E-state index contributed by atoms with van der Waals surface area (Å²) in [4.78, 5) is 27.1. The fourth-order valence-corrected chi connectivity index (χ4v) is 10.0. The number of aromatic amines is 1. The topological polar surface area (TPSA) is 124 Å². The molecule has 10 nitrogen and oxygen atoms in total. The van der Waals surface area contributed by atoms with Crippen LogP contribution in [0.3, 0.4) is 0 Å². The van der Waals surface area contributed by atoms with E-state index in [9.17, 15) is 4.79 Å². The number of nitrogens with two attached hydrogens (primary N) is 1. The van der Waals surface area contributed by atoms with E-state index >= 15 is 0 Å². The first kappa shape index (κ1) is 38.3. The Morgan fingerprint density at radius 3 is 2.34 bits per heavy atom. The number of H-pyrrole nitrogens is 1. The number of nitrogen functional groups attached to an aromatic ring is 1. The van der Waals surface area contributed by atoms with Crippen molar-refractivity contribution in [3.05, 3.63) is 65.5 Å². The largest absolute Gasteiger partial charge is 0.542 e. The molecular weight excluding hydrogens is 679 g/mol. The van der Waals surface area contributed by atoms with Gasteiger partial charge in [0.25, 0.3) is 9.04 Å². The summed E-state index contributed by atoms with van der Waals surface area (Å²) in [6, 6.07) is 15.0. The lowest BCUT2D eigenvalue weighted by molar-refractivity contribution is 0.0224. The fourth-order valence-electron chi connectivity index (χ4n) is 7.72. The smallest absolute Gasteiger partial charge is 0.410 e. The lowest BCUT2D eigenvalue weighted by atomic mass is 9.89. The molecule has 53 heavy (non-hydrogen) atoms. The summed E-state index contributed by atoms with van der Waals surface area (Å²) < 4.78 is 14.5. The quantitative estimate of drug-likeness (QED) is 0.103. The molecule has 0 atom stereocenters. The third kappa shape index (κ3) is 8.72. The summed E-state index contributed by atoms with van der Waals surface area (Å²) in [7, 11) is -1.13. The zero-order chi connectivity index (χ0) is 37.8. The first-order valence-electron chi connectivity index (χ1n) is 19.6. The number of carbonyl (C=O) groups is 1.